The van der Waals surface area contributed by atoms with Crippen LogP contribution in [0.3, 0.4) is 0 Å². The zero-order chi connectivity index (χ0) is 16.9. The Kier molecular flexibility index (Phi) is 6.56. The van der Waals surface area contributed by atoms with Gasteiger partial charge in [-0.3, -0.25) is 4.21 Å². The lowest BCUT2D eigenvalue weighted by Gasteiger charge is -2.24. The first-order valence-corrected chi connectivity index (χ1v) is 8.53. The standard InChI is InChI=1S/C16H25NO4S/c1-11-6-8-13(9-7-11)22(20)10-14(18)12(2)17-15(19)21-16(3,4)5/h6-9,12,14,18H,10H2,1-5H3,(H,17,19)/t12-,14+,22+/m0/s1. The van der Waals surface area contributed by atoms with E-state index >= 15 is 0 Å². The molecule has 0 heterocycles. The van der Waals surface area contributed by atoms with Gasteiger partial charge in [0.15, 0.2) is 0 Å². The summed E-state index contributed by atoms with van der Waals surface area (Å²) < 4.78 is 17.3. The monoisotopic (exact) mass is 327 g/mol. The van der Waals surface area contributed by atoms with Gasteiger partial charge < -0.3 is 15.2 Å². The molecule has 2 N–H and O–H groups in total. The number of carbonyl (C=O) groups excluding carboxylic acids is 1. The van der Waals surface area contributed by atoms with Crippen molar-refractivity contribution in [2.24, 2.45) is 0 Å². The van der Waals surface area contributed by atoms with E-state index in [0.29, 0.717) is 4.90 Å². The minimum Gasteiger partial charge on any atom is -0.444 e. The number of hydrogen-bond donors (Lipinski definition) is 2. The summed E-state index contributed by atoms with van der Waals surface area (Å²) in [6.45, 7) is 8.90. The van der Waals surface area contributed by atoms with Crippen LogP contribution < -0.4 is 5.32 Å². The van der Waals surface area contributed by atoms with Gasteiger partial charge in [0.1, 0.15) is 5.60 Å². The first-order valence-electron chi connectivity index (χ1n) is 7.21. The molecule has 0 spiro atoms. The van der Waals surface area contributed by atoms with Crippen LogP contribution in [0.1, 0.15) is 33.3 Å². The van der Waals surface area contributed by atoms with E-state index in [-0.39, 0.29) is 5.75 Å². The molecule has 0 aliphatic carbocycles. The lowest BCUT2D eigenvalue weighted by Crippen LogP contribution is -2.45. The van der Waals surface area contributed by atoms with Crippen molar-refractivity contribution in [1.29, 1.82) is 0 Å². The number of aliphatic hydroxyl groups excluding tert-OH is 1. The van der Waals surface area contributed by atoms with Crippen LogP contribution in [0.15, 0.2) is 29.2 Å². The van der Waals surface area contributed by atoms with Gasteiger partial charge in [-0.25, -0.2) is 4.79 Å². The van der Waals surface area contributed by atoms with Crippen LogP contribution >= 0.6 is 0 Å². The Hall–Kier alpha value is -1.40. The van der Waals surface area contributed by atoms with Crippen molar-refractivity contribution >= 4 is 16.9 Å². The van der Waals surface area contributed by atoms with Gasteiger partial charge in [0.05, 0.1) is 28.7 Å². The Morgan fingerprint density at radius 1 is 1.32 bits per heavy atom. The maximum absolute atomic E-state index is 12.2. The van der Waals surface area contributed by atoms with Crippen LogP contribution in [0, 0.1) is 6.92 Å². The largest absolute Gasteiger partial charge is 0.444 e. The molecule has 0 fully saturated rings. The Morgan fingerprint density at radius 3 is 2.36 bits per heavy atom. The first-order chi connectivity index (χ1) is 10.1. The van der Waals surface area contributed by atoms with Crippen LogP contribution in [0.25, 0.3) is 0 Å². The molecule has 0 aromatic heterocycles. The lowest BCUT2D eigenvalue weighted by atomic mass is 10.2. The molecule has 0 unspecified atom stereocenters. The van der Waals surface area contributed by atoms with E-state index in [9.17, 15) is 14.1 Å². The number of amides is 1. The van der Waals surface area contributed by atoms with Crippen molar-refractivity contribution in [2.45, 2.75) is 57.3 Å². The van der Waals surface area contributed by atoms with E-state index in [4.69, 9.17) is 4.74 Å². The van der Waals surface area contributed by atoms with Crippen molar-refractivity contribution in [3.05, 3.63) is 29.8 Å². The van der Waals surface area contributed by atoms with Gasteiger partial charge in [0, 0.05) is 4.90 Å². The molecule has 0 aliphatic rings. The predicted molar refractivity (Wildman–Crippen MR) is 87.3 cm³/mol. The quantitative estimate of drug-likeness (QED) is 0.870. The summed E-state index contributed by atoms with van der Waals surface area (Å²) in [4.78, 5) is 12.3. The molecule has 124 valence electrons. The molecule has 1 aromatic rings. The van der Waals surface area contributed by atoms with Crippen molar-refractivity contribution < 1.29 is 18.8 Å². The minimum atomic E-state index is -1.32. The van der Waals surface area contributed by atoms with Gasteiger partial charge in [-0.15, -0.1) is 0 Å². The highest BCUT2D eigenvalue weighted by atomic mass is 32.2. The van der Waals surface area contributed by atoms with Gasteiger partial charge in [-0.05, 0) is 46.8 Å². The maximum Gasteiger partial charge on any atom is 0.407 e. The Morgan fingerprint density at radius 2 is 1.86 bits per heavy atom. The molecule has 1 aromatic carbocycles. The molecule has 1 amide bonds. The van der Waals surface area contributed by atoms with Crippen LogP contribution in [0.2, 0.25) is 0 Å². The van der Waals surface area contributed by atoms with Crippen LogP contribution in [-0.2, 0) is 15.5 Å². The average molecular weight is 327 g/mol. The second-order valence-electron chi connectivity index (χ2n) is 6.33. The van der Waals surface area contributed by atoms with Crippen molar-refractivity contribution in [3.63, 3.8) is 0 Å². The average Bonchev–Trinajstić information content (AvgIpc) is 2.36. The summed E-state index contributed by atoms with van der Waals surface area (Å²) in [5.74, 6) is 0.0556. The molecule has 0 radical (unpaired) electrons. The van der Waals surface area contributed by atoms with Gasteiger partial charge in [0.2, 0.25) is 0 Å². The fraction of sp³-hybridized carbons (Fsp3) is 0.562. The topological polar surface area (TPSA) is 75.6 Å². The van der Waals surface area contributed by atoms with Crippen LogP contribution in [-0.4, -0.2) is 38.9 Å². The first kappa shape index (κ1) is 18.6. The molecule has 3 atom stereocenters. The molecule has 0 saturated carbocycles. The molecular weight excluding hydrogens is 302 g/mol. The number of aliphatic hydroxyl groups is 1. The SMILES string of the molecule is Cc1ccc([S@](=O)C[C@@H](O)[C@H](C)NC(=O)OC(C)(C)C)cc1. The molecule has 0 saturated heterocycles. The van der Waals surface area contributed by atoms with Crippen molar-refractivity contribution in [2.75, 3.05) is 5.75 Å². The third-order valence-corrected chi connectivity index (χ3v) is 4.37. The summed E-state index contributed by atoms with van der Waals surface area (Å²) in [6.07, 6.45) is -1.52. The predicted octanol–water partition coefficient (Wildman–Crippen LogP) is 2.38. The highest BCUT2D eigenvalue weighted by molar-refractivity contribution is 7.85. The molecule has 5 nitrogen and oxygen atoms in total. The van der Waals surface area contributed by atoms with Crippen LogP contribution in [0.5, 0.6) is 0 Å². The Balaban J connectivity index is 2.53. The van der Waals surface area contributed by atoms with Crippen molar-refractivity contribution in [1.82, 2.24) is 5.32 Å². The number of ether oxygens (including phenoxy) is 1. The Bertz CT molecular complexity index is 522. The normalized spacial score (nSPS) is 15.7. The number of benzene rings is 1. The third kappa shape index (κ3) is 6.58. The number of nitrogens with one attached hydrogen (secondary N) is 1. The fourth-order valence-corrected chi connectivity index (χ4v) is 2.91. The highest BCUT2D eigenvalue weighted by Crippen LogP contribution is 2.11. The van der Waals surface area contributed by atoms with E-state index < -0.39 is 34.6 Å². The second-order valence-corrected chi connectivity index (χ2v) is 7.82. The molecule has 0 aliphatic heterocycles. The summed E-state index contributed by atoms with van der Waals surface area (Å²) >= 11 is 0. The number of aryl methyl sites for hydroxylation is 1. The summed E-state index contributed by atoms with van der Waals surface area (Å²) in [5.41, 5.74) is 0.487. The number of carbonyl (C=O) groups is 1. The molecule has 22 heavy (non-hydrogen) atoms. The second kappa shape index (κ2) is 7.74. The number of rotatable bonds is 5. The zero-order valence-corrected chi connectivity index (χ0v) is 14.6. The zero-order valence-electron chi connectivity index (χ0n) is 13.8. The number of hydrogen-bond acceptors (Lipinski definition) is 4. The summed E-state index contributed by atoms with van der Waals surface area (Å²) in [6, 6.07) is 6.77. The third-order valence-electron chi connectivity index (χ3n) is 2.93. The van der Waals surface area contributed by atoms with E-state index in [2.05, 4.69) is 5.32 Å². The van der Waals surface area contributed by atoms with E-state index in [1.54, 1.807) is 39.8 Å². The number of alkyl carbamates (subject to hydrolysis) is 1. The van der Waals surface area contributed by atoms with Crippen molar-refractivity contribution in [3.8, 4) is 0 Å². The van der Waals surface area contributed by atoms with E-state index in [0.717, 1.165) is 5.56 Å². The lowest BCUT2D eigenvalue weighted by molar-refractivity contribution is 0.0452. The highest BCUT2D eigenvalue weighted by Gasteiger charge is 2.23. The molecule has 6 heteroatoms. The van der Waals surface area contributed by atoms with E-state index in [1.165, 1.54) is 0 Å². The Labute approximate surface area is 134 Å². The van der Waals surface area contributed by atoms with Gasteiger partial charge in [0.25, 0.3) is 0 Å². The molecular formula is C16H25NO4S. The minimum absolute atomic E-state index is 0.0556. The van der Waals surface area contributed by atoms with Gasteiger partial charge in [-0.2, -0.15) is 0 Å². The summed E-state index contributed by atoms with van der Waals surface area (Å²) in [5, 5.41) is 12.6. The maximum atomic E-state index is 12.2. The van der Waals surface area contributed by atoms with Gasteiger partial charge in [-0.1, -0.05) is 17.7 Å². The molecule has 0 bridgehead atoms. The van der Waals surface area contributed by atoms with Gasteiger partial charge >= 0.3 is 6.09 Å². The molecule has 1 rings (SSSR count). The summed E-state index contributed by atoms with van der Waals surface area (Å²) in [7, 11) is -1.32. The van der Waals surface area contributed by atoms with Crippen LogP contribution in [0.4, 0.5) is 4.79 Å². The van der Waals surface area contributed by atoms with E-state index in [1.807, 2.05) is 19.1 Å². The smallest absolute Gasteiger partial charge is 0.407 e. The fourth-order valence-electron chi connectivity index (χ4n) is 1.68.